The van der Waals surface area contributed by atoms with Crippen LogP contribution in [0.5, 0.6) is 0 Å². The fourth-order valence-corrected chi connectivity index (χ4v) is 3.72. The molecule has 3 atom stereocenters. The largest absolute Gasteiger partial charge is 0.509 e. The third kappa shape index (κ3) is 4.14. The fourth-order valence-electron chi connectivity index (χ4n) is 2.61. The molecule has 1 aliphatic heterocycles. The minimum atomic E-state index is -0.776. The van der Waals surface area contributed by atoms with E-state index in [1.54, 1.807) is 6.92 Å². The van der Waals surface area contributed by atoms with Crippen molar-refractivity contribution in [2.45, 2.75) is 29.3 Å². The zero-order chi connectivity index (χ0) is 17.6. The first-order chi connectivity index (χ1) is 12.2. The van der Waals surface area contributed by atoms with Crippen LogP contribution >= 0.6 is 11.8 Å². The molecule has 0 aromatic heterocycles. The van der Waals surface area contributed by atoms with Gasteiger partial charge in [0.2, 0.25) is 0 Å². The molecular formula is C19H18O5S. The van der Waals surface area contributed by atoms with E-state index in [1.807, 2.05) is 60.7 Å². The van der Waals surface area contributed by atoms with E-state index in [0.717, 1.165) is 10.5 Å². The predicted octanol–water partition coefficient (Wildman–Crippen LogP) is 3.99. The standard InChI is InChI=1S/C19H18O5S/c1-2-22-18(20)17(25-14-11-7-4-8-12-14)16-15(23-19(21)24-16)13-9-5-3-6-10-13/h3-12,15-17H,2H2,1H3/t15-,16+,17+/m0/s1. The molecule has 0 radical (unpaired) electrons. The Bertz CT molecular complexity index is 719. The van der Waals surface area contributed by atoms with E-state index >= 15 is 0 Å². The minimum absolute atomic E-state index is 0.252. The van der Waals surface area contributed by atoms with Gasteiger partial charge in [0.05, 0.1) is 6.61 Å². The Morgan fingerprint density at radius 3 is 2.36 bits per heavy atom. The first kappa shape index (κ1) is 17.4. The fraction of sp³-hybridized carbons (Fsp3) is 0.263. The molecule has 0 unspecified atom stereocenters. The Balaban J connectivity index is 1.90. The zero-order valence-electron chi connectivity index (χ0n) is 13.7. The smallest absolute Gasteiger partial charge is 0.465 e. The molecule has 0 bridgehead atoms. The number of esters is 1. The van der Waals surface area contributed by atoms with E-state index in [1.165, 1.54) is 11.8 Å². The zero-order valence-corrected chi connectivity index (χ0v) is 14.5. The summed E-state index contributed by atoms with van der Waals surface area (Å²) >= 11 is 1.30. The summed E-state index contributed by atoms with van der Waals surface area (Å²) in [5, 5.41) is -0.723. The van der Waals surface area contributed by atoms with Crippen LogP contribution in [0.15, 0.2) is 65.6 Å². The summed E-state index contributed by atoms with van der Waals surface area (Å²) in [6.45, 7) is 2.00. The van der Waals surface area contributed by atoms with Crippen molar-refractivity contribution in [2.24, 2.45) is 0 Å². The van der Waals surface area contributed by atoms with Crippen LogP contribution in [0.3, 0.4) is 0 Å². The van der Waals surface area contributed by atoms with Crippen LogP contribution in [-0.4, -0.2) is 30.1 Å². The van der Waals surface area contributed by atoms with Crippen LogP contribution in [0.25, 0.3) is 0 Å². The quantitative estimate of drug-likeness (QED) is 0.575. The van der Waals surface area contributed by atoms with E-state index in [0.29, 0.717) is 0 Å². The lowest BCUT2D eigenvalue weighted by molar-refractivity contribution is -0.144. The van der Waals surface area contributed by atoms with E-state index in [-0.39, 0.29) is 6.61 Å². The van der Waals surface area contributed by atoms with Crippen molar-refractivity contribution in [2.75, 3.05) is 6.61 Å². The van der Waals surface area contributed by atoms with Crippen molar-refractivity contribution in [3.05, 3.63) is 66.2 Å². The second kappa shape index (κ2) is 8.07. The first-order valence-corrected chi connectivity index (χ1v) is 8.87. The molecule has 2 aromatic rings. The van der Waals surface area contributed by atoms with Crippen LogP contribution in [0, 0.1) is 0 Å². The van der Waals surface area contributed by atoms with E-state index in [4.69, 9.17) is 14.2 Å². The highest BCUT2D eigenvalue weighted by Gasteiger charge is 2.47. The summed E-state index contributed by atoms with van der Waals surface area (Å²) in [4.78, 5) is 25.2. The summed E-state index contributed by atoms with van der Waals surface area (Å²) in [5.74, 6) is -0.430. The monoisotopic (exact) mass is 358 g/mol. The third-order valence-corrected chi connectivity index (χ3v) is 4.96. The predicted molar refractivity (Wildman–Crippen MR) is 93.3 cm³/mol. The number of hydrogen-bond acceptors (Lipinski definition) is 6. The average molecular weight is 358 g/mol. The van der Waals surface area contributed by atoms with Crippen LogP contribution in [0.4, 0.5) is 4.79 Å². The van der Waals surface area contributed by atoms with Gasteiger partial charge in [0.25, 0.3) is 0 Å². The highest BCUT2D eigenvalue weighted by molar-refractivity contribution is 8.00. The lowest BCUT2D eigenvalue weighted by Crippen LogP contribution is -2.36. The van der Waals surface area contributed by atoms with Gasteiger partial charge in [-0.15, -0.1) is 11.8 Å². The number of hydrogen-bond donors (Lipinski definition) is 0. The number of carbonyl (C=O) groups is 2. The van der Waals surface area contributed by atoms with E-state index in [9.17, 15) is 9.59 Å². The molecule has 0 amide bonds. The highest BCUT2D eigenvalue weighted by Crippen LogP contribution is 2.39. The molecule has 0 saturated carbocycles. The number of benzene rings is 2. The van der Waals surface area contributed by atoms with Gasteiger partial charge >= 0.3 is 12.1 Å². The molecule has 0 N–H and O–H groups in total. The van der Waals surface area contributed by atoms with Gasteiger partial charge in [0.1, 0.15) is 5.25 Å². The Hall–Kier alpha value is -2.47. The van der Waals surface area contributed by atoms with Gasteiger partial charge in [-0.05, 0) is 24.6 Å². The van der Waals surface area contributed by atoms with Crippen molar-refractivity contribution < 1.29 is 23.8 Å². The van der Waals surface area contributed by atoms with Crippen molar-refractivity contribution in [1.29, 1.82) is 0 Å². The minimum Gasteiger partial charge on any atom is -0.465 e. The third-order valence-electron chi connectivity index (χ3n) is 3.71. The normalized spacial score (nSPS) is 20.4. The van der Waals surface area contributed by atoms with Crippen LogP contribution in [0.2, 0.25) is 0 Å². The molecule has 1 aliphatic rings. The number of rotatable bonds is 6. The maximum absolute atomic E-state index is 12.5. The van der Waals surface area contributed by atoms with E-state index < -0.39 is 29.6 Å². The molecule has 130 valence electrons. The van der Waals surface area contributed by atoms with Crippen LogP contribution in [0.1, 0.15) is 18.6 Å². The van der Waals surface area contributed by atoms with Gasteiger partial charge in [-0.2, -0.15) is 0 Å². The van der Waals surface area contributed by atoms with Crippen molar-refractivity contribution in [3.63, 3.8) is 0 Å². The Morgan fingerprint density at radius 2 is 1.72 bits per heavy atom. The van der Waals surface area contributed by atoms with E-state index in [2.05, 4.69) is 0 Å². The molecule has 2 aromatic carbocycles. The summed E-state index contributed by atoms with van der Waals surface area (Å²) in [5.41, 5.74) is 0.779. The molecule has 0 aliphatic carbocycles. The van der Waals surface area contributed by atoms with Crippen molar-refractivity contribution in [3.8, 4) is 0 Å². The van der Waals surface area contributed by atoms with Gasteiger partial charge in [0, 0.05) is 4.90 Å². The second-order valence-electron chi connectivity index (χ2n) is 5.39. The molecule has 25 heavy (non-hydrogen) atoms. The summed E-state index contributed by atoms with van der Waals surface area (Å²) in [6.07, 6.45) is -2.19. The van der Waals surface area contributed by atoms with Crippen LogP contribution in [-0.2, 0) is 19.0 Å². The van der Waals surface area contributed by atoms with Crippen LogP contribution < -0.4 is 0 Å². The van der Waals surface area contributed by atoms with Gasteiger partial charge in [-0.1, -0.05) is 48.5 Å². The second-order valence-corrected chi connectivity index (χ2v) is 6.60. The molecule has 1 fully saturated rings. The highest BCUT2D eigenvalue weighted by atomic mass is 32.2. The summed E-state index contributed by atoms with van der Waals surface area (Å²) in [7, 11) is 0. The van der Waals surface area contributed by atoms with Gasteiger partial charge in [0.15, 0.2) is 12.2 Å². The number of thioether (sulfide) groups is 1. The first-order valence-electron chi connectivity index (χ1n) is 7.99. The molecule has 0 spiro atoms. The van der Waals surface area contributed by atoms with Crippen molar-refractivity contribution >= 4 is 23.9 Å². The lowest BCUT2D eigenvalue weighted by atomic mass is 10.0. The SMILES string of the molecule is CCOC(=O)[C@H](Sc1ccccc1)[C@@H]1OC(=O)O[C@H]1c1ccccc1. The average Bonchev–Trinajstić information content (AvgIpc) is 3.03. The topological polar surface area (TPSA) is 61.8 Å². The lowest BCUT2D eigenvalue weighted by Gasteiger charge is -2.23. The van der Waals surface area contributed by atoms with Gasteiger partial charge in [-0.25, -0.2) is 4.79 Å². The summed E-state index contributed by atoms with van der Waals surface area (Å²) in [6, 6.07) is 18.7. The van der Waals surface area contributed by atoms with Gasteiger partial charge in [-0.3, -0.25) is 4.79 Å². The molecule has 3 rings (SSSR count). The number of ether oxygens (including phenoxy) is 3. The number of carbonyl (C=O) groups excluding carboxylic acids is 2. The molecule has 6 heteroatoms. The molecule has 5 nitrogen and oxygen atoms in total. The Kier molecular flexibility index (Phi) is 5.60. The molecule has 1 heterocycles. The Labute approximate surface area is 150 Å². The maximum Gasteiger partial charge on any atom is 0.509 e. The van der Waals surface area contributed by atoms with Gasteiger partial charge < -0.3 is 14.2 Å². The molecular weight excluding hydrogens is 340 g/mol. The Morgan fingerprint density at radius 1 is 1.08 bits per heavy atom. The number of cyclic esters (lactones) is 2. The summed E-state index contributed by atoms with van der Waals surface area (Å²) < 4.78 is 15.9. The van der Waals surface area contributed by atoms with Crippen molar-refractivity contribution in [1.82, 2.24) is 0 Å². The molecule has 1 saturated heterocycles. The maximum atomic E-state index is 12.5.